The molecule has 0 aromatic heterocycles. The molecule has 2 aromatic carbocycles. The summed E-state index contributed by atoms with van der Waals surface area (Å²) in [7, 11) is -2.55. The van der Waals surface area contributed by atoms with Gasteiger partial charge in [0.05, 0.1) is 16.1 Å². The molecule has 0 aliphatic carbocycles. The van der Waals surface area contributed by atoms with Crippen LogP contribution in [-0.4, -0.2) is 21.3 Å². The highest BCUT2D eigenvalue weighted by atomic mass is 28.3. The van der Waals surface area contributed by atoms with Gasteiger partial charge in [-0.1, -0.05) is 98.2 Å². The smallest absolute Gasteiger partial charge is 0.104 e. The Balaban J connectivity index is 2.23. The molecule has 0 atom stereocenters. The Kier molecular flexibility index (Phi) is 4.80. The second-order valence-electron chi connectivity index (χ2n) is 8.15. The quantitative estimate of drug-likeness (QED) is 0.845. The zero-order chi connectivity index (χ0) is 16.5. The Morgan fingerprint density at radius 3 is 1.09 bits per heavy atom. The first-order chi connectivity index (χ1) is 10.1. The van der Waals surface area contributed by atoms with E-state index in [9.17, 15) is 5.11 Å². The standard InChI is InChI=1S/C19H28OSi2/c1-21(2,3)17-11-7-15(8-12-17)19(20)16-9-13-18(14-10-16)22(4,5)6/h7-14,19-20H,1-6H3. The molecule has 1 nitrogen and oxygen atoms in total. The maximum Gasteiger partial charge on any atom is 0.104 e. The van der Waals surface area contributed by atoms with Crippen LogP contribution in [0, 0.1) is 0 Å². The van der Waals surface area contributed by atoms with Gasteiger partial charge in [0, 0.05) is 0 Å². The van der Waals surface area contributed by atoms with Crippen molar-refractivity contribution < 1.29 is 5.11 Å². The predicted octanol–water partition coefficient (Wildman–Crippen LogP) is 3.86. The second kappa shape index (κ2) is 6.15. The van der Waals surface area contributed by atoms with E-state index >= 15 is 0 Å². The van der Waals surface area contributed by atoms with E-state index in [0.29, 0.717) is 0 Å². The molecule has 0 aliphatic heterocycles. The summed E-state index contributed by atoms with van der Waals surface area (Å²) in [6, 6.07) is 17.0. The van der Waals surface area contributed by atoms with Crippen molar-refractivity contribution in [3.63, 3.8) is 0 Å². The summed E-state index contributed by atoms with van der Waals surface area (Å²) in [4.78, 5) is 0. The van der Waals surface area contributed by atoms with Gasteiger partial charge in [-0.3, -0.25) is 0 Å². The SMILES string of the molecule is C[Si](C)(C)c1ccc(C(O)c2ccc([Si](C)(C)C)cc2)cc1. The average Bonchev–Trinajstić information content (AvgIpc) is 2.45. The molecule has 118 valence electrons. The van der Waals surface area contributed by atoms with E-state index in [1.807, 2.05) is 0 Å². The Morgan fingerprint density at radius 2 is 0.864 bits per heavy atom. The van der Waals surface area contributed by atoms with Crippen molar-refractivity contribution in [1.29, 1.82) is 0 Å². The van der Waals surface area contributed by atoms with Gasteiger partial charge in [0.2, 0.25) is 0 Å². The summed E-state index contributed by atoms with van der Waals surface area (Å²) in [5, 5.41) is 13.5. The van der Waals surface area contributed by atoms with Gasteiger partial charge in [0.25, 0.3) is 0 Å². The lowest BCUT2D eigenvalue weighted by atomic mass is 10.0. The van der Waals surface area contributed by atoms with Crippen molar-refractivity contribution >= 4 is 26.5 Å². The summed E-state index contributed by atoms with van der Waals surface area (Å²) in [5.74, 6) is 0. The third-order valence-electron chi connectivity index (χ3n) is 4.18. The van der Waals surface area contributed by atoms with Gasteiger partial charge >= 0.3 is 0 Å². The van der Waals surface area contributed by atoms with Crippen molar-refractivity contribution in [2.24, 2.45) is 0 Å². The zero-order valence-electron chi connectivity index (χ0n) is 14.6. The summed E-state index contributed by atoms with van der Waals surface area (Å²) in [6.45, 7) is 14.0. The molecular formula is C19H28OSi2. The molecule has 22 heavy (non-hydrogen) atoms. The van der Waals surface area contributed by atoms with E-state index in [4.69, 9.17) is 0 Å². The highest BCUT2D eigenvalue weighted by molar-refractivity contribution is 6.89. The fourth-order valence-electron chi connectivity index (χ4n) is 2.52. The Labute approximate surface area is 137 Å². The number of hydrogen-bond acceptors (Lipinski definition) is 1. The van der Waals surface area contributed by atoms with Crippen LogP contribution in [0.15, 0.2) is 48.5 Å². The summed E-state index contributed by atoms with van der Waals surface area (Å²) >= 11 is 0. The first kappa shape index (κ1) is 17.2. The van der Waals surface area contributed by atoms with Crippen molar-refractivity contribution in [1.82, 2.24) is 0 Å². The van der Waals surface area contributed by atoms with Crippen molar-refractivity contribution in [3.8, 4) is 0 Å². The molecule has 0 fully saturated rings. The van der Waals surface area contributed by atoms with Crippen molar-refractivity contribution in [2.75, 3.05) is 0 Å². The number of aliphatic hydroxyl groups is 1. The highest BCUT2D eigenvalue weighted by Crippen LogP contribution is 2.21. The Bertz CT molecular complexity index is 559. The molecule has 0 amide bonds. The zero-order valence-corrected chi connectivity index (χ0v) is 16.6. The van der Waals surface area contributed by atoms with E-state index in [0.717, 1.165) is 11.1 Å². The van der Waals surface area contributed by atoms with Crippen LogP contribution in [0.3, 0.4) is 0 Å². The van der Waals surface area contributed by atoms with Crippen LogP contribution in [0.25, 0.3) is 0 Å². The normalized spacial score (nSPS) is 12.7. The minimum atomic E-state index is -1.28. The molecule has 0 saturated carbocycles. The molecule has 0 aliphatic rings. The third kappa shape index (κ3) is 3.97. The van der Waals surface area contributed by atoms with Gasteiger partial charge in [-0.15, -0.1) is 0 Å². The van der Waals surface area contributed by atoms with Gasteiger partial charge in [0.1, 0.15) is 6.10 Å². The van der Waals surface area contributed by atoms with Gasteiger partial charge in [-0.2, -0.15) is 0 Å². The molecule has 0 bridgehead atoms. The lowest BCUT2D eigenvalue weighted by Crippen LogP contribution is -2.37. The topological polar surface area (TPSA) is 20.2 Å². The molecule has 2 rings (SSSR count). The van der Waals surface area contributed by atoms with E-state index in [1.165, 1.54) is 10.4 Å². The van der Waals surface area contributed by atoms with Crippen LogP contribution in [0.2, 0.25) is 39.3 Å². The van der Waals surface area contributed by atoms with E-state index < -0.39 is 22.3 Å². The first-order valence-corrected chi connectivity index (χ1v) is 15.0. The van der Waals surface area contributed by atoms with Crippen LogP contribution >= 0.6 is 0 Å². The van der Waals surface area contributed by atoms with E-state index in [2.05, 4.69) is 87.8 Å². The molecule has 0 saturated heterocycles. The van der Waals surface area contributed by atoms with Crippen LogP contribution in [0.4, 0.5) is 0 Å². The highest BCUT2D eigenvalue weighted by Gasteiger charge is 2.19. The van der Waals surface area contributed by atoms with Crippen LogP contribution in [0.1, 0.15) is 17.2 Å². The van der Waals surface area contributed by atoms with E-state index in [-0.39, 0.29) is 0 Å². The lowest BCUT2D eigenvalue weighted by Gasteiger charge is -2.20. The molecule has 0 unspecified atom stereocenters. The molecule has 2 aromatic rings. The lowest BCUT2D eigenvalue weighted by molar-refractivity contribution is 0.220. The Morgan fingerprint density at radius 1 is 0.591 bits per heavy atom. The largest absolute Gasteiger partial charge is 0.384 e. The van der Waals surface area contributed by atoms with Crippen LogP contribution in [-0.2, 0) is 0 Å². The maximum absolute atomic E-state index is 10.6. The summed E-state index contributed by atoms with van der Waals surface area (Å²) < 4.78 is 0. The number of aliphatic hydroxyl groups excluding tert-OH is 1. The van der Waals surface area contributed by atoms with E-state index in [1.54, 1.807) is 0 Å². The second-order valence-corrected chi connectivity index (χ2v) is 18.3. The van der Waals surface area contributed by atoms with Gasteiger partial charge in [-0.05, 0) is 11.1 Å². The summed E-state index contributed by atoms with van der Waals surface area (Å²) in [6.07, 6.45) is -0.536. The first-order valence-electron chi connectivity index (χ1n) is 7.98. The van der Waals surface area contributed by atoms with Crippen molar-refractivity contribution in [3.05, 3.63) is 59.7 Å². The van der Waals surface area contributed by atoms with Crippen molar-refractivity contribution in [2.45, 2.75) is 45.4 Å². The van der Waals surface area contributed by atoms with Gasteiger partial charge in [-0.25, -0.2) is 0 Å². The average molecular weight is 329 g/mol. The summed E-state index contributed by atoms with van der Waals surface area (Å²) in [5.41, 5.74) is 1.95. The minimum absolute atomic E-state index is 0.536. The maximum atomic E-state index is 10.6. The predicted molar refractivity (Wildman–Crippen MR) is 103 cm³/mol. The van der Waals surface area contributed by atoms with Crippen LogP contribution < -0.4 is 10.4 Å². The Hall–Kier alpha value is -1.17. The molecule has 0 radical (unpaired) electrons. The van der Waals surface area contributed by atoms with Gasteiger partial charge in [0.15, 0.2) is 0 Å². The molecular weight excluding hydrogens is 300 g/mol. The molecule has 0 spiro atoms. The fraction of sp³-hybridized carbons (Fsp3) is 0.368. The third-order valence-corrected chi connectivity index (χ3v) is 8.32. The fourth-order valence-corrected chi connectivity index (χ4v) is 4.86. The number of benzene rings is 2. The molecule has 0 heterocycles. The minimum Gasteiger partial charge on any atom is -0.384 e. The number of hydrogen-bond donors (Lipinski definition) is 1. The van der Waals surface area contributed by atoms with Gasteiger partial charge < -0.3 is 5.11 Å². The monoisotopic (exact) mass is 328 g/mol. The number of rotatable bonds is 4. The molecule has 3 heteroatoms. The van der Waals surface area contributed by atoms with Crippen LogP contribution in [0.5, 0.6) is 0 Å². The molecule has 1 N–H and O–H groups in total.